The zero-order chi connectivity index (χ0) is 8.27. The quantitative estimate of drug-likeness (QED) is 0.654. The molecule has 6 heteroatoms. The molecule has 0 aromatic carbocycles. The fourth-order valence-corrected chi connectivity index (χ4v) is 1.09. The minimum Gasteiger partial charge on any atom is -0.464 e. The lowest BCUT2D eigenvalue weighted by atomic mass is 10.5. The Morgan fingerprint density at radius 3 is 3.00 bits per heavy atom. The Balaban J connectivity index is 2.92. The van der Waals surface area contributed by atoms with E-state index in [1.165, 1.54) is 7.11 Å². The first-order chi connectivity index (χ1) is 5.29. The summed E-state index contributed by atoms with van der Waals surface area (Å²) < 4.78 is 8.05. The number of carbonyl (C=O) groups is 1. The highest BCUT2D eigenvalue weighted by Gasteiger charge is 2.14. The summed E-state index contributed by atoms with van der Waals surface area (Å²) in [5.74, 6) is -0.469. The van der Waals surface area contributed by atoms with Gasteiger partial charge in [-0.1, -0.05) is 4.49 Å². The Morgan fingerprint density at radius 1 is 1.73 bits per heavy atom. The third kappa shape index (κ3) is 1.45. The Bertz CT molecular complexity index is 260. The van der Waals surface area contributed by atoms with Gasteiger partial charge in [-0.3, -0.25) is 0 Å². The molecule has 0 aliphatic rings. The van der Waals surface area contributed by atoms with E-state index in [2.05, 4.69) is 19.6 Å². The number of anilines is 1. The predicted molar refractivity (Wildman–Crippen MR) is 40.8 cm³/mol. The summed E-state index contributed by atoms with van der Waals surface area (Å²) in [6, 6.07) is 0. The van der Waals surface area contributed by atoms with Crippen molar-refractivity contribution < 1.29 is 9.53 Å². The van der Waals surface area contributed by atoms with Crippen LogP contribution in [0.2, 0.25) is 0 Å². The molecule has 0 aliphatic heterocycles. The molecule has 60 valence electrons. The molecule has 1 aromatic rings. The van der Waals surface area contributed by atoms with Crippen molar-refractivity contribution in [2.24, 2.45) is 0 Å². The summed E-state index contributed by atoms with van der Waals surface area (Å²) in [5.41, 5.74) is 0.236. The van der Waals surface area contributed by atoms with Crippen LogP contribution in [0.4, 0.5) is 5.00 Å². The lowest BCUT2D eigenvalue weighted by Gasteiger charge is -1.95. The van der Waals surface area contributed by atoms with E-state index in [0.29, 0.717) is 5.00 Å². The summed E-state index contributed by atoms with van der Waals surface area (Å²) in [4.78, 5) is 10.9. The van der Waals surface area contributed by atoms with Crippen LogP contribution < -0.4 is 5.32 Å². The maximum absolute atomic E-state index is 10.9. The van der Waals surface area contributed by atoms with Gasteiger partial charge in [0.15, 0.2) is 0 Å². The third-order valence-electron chi connectivity index (χ3n) is 1.09. The third-order valence-corrected chi connectivity index (χ3v) is 1.84. The maximum atomic E-state index is 10.9. The van der Waals surface area contributed by atoms with Crippen LogP contribution in [-0.4, -0.2) is 29.7 Å². The smallest absolute Gasteiger partial charge is 0.361 e. The molecular weight excluding hydrogens is 166 g/mol. The van der Waals surface area contributed by atoms with Gasteiger partial charge in [-0.05, 0) is 0 Å². The fourth-order valence-electron chi connectivity index (χ4n) is 0.585. The van der Waals surface area contributed by atoms with E-state index in [1.54, 1.807) is 7.05 Å². The van der Waals surface area contributed by atoms with Crippen LogP contribution in [-0.2, 0) is 4.74 Å². The number of ether oxygens (including phenoxy) is 1. The first-order valence-corrected chi connectivity index (χ1v) is 3.65. The Morgan fingerprint density at radius 2 is 2.45 bits per heavy atom. The molecule has 0 unspecified atom stereocenters. The molecule has 1 N–H and O–H groups in total. The molecule has 0 aliphatic carbocycles. The highest BCUT2D eigenvalue weighted by atomic mass is 32.1. The van der Waals surface area contributed by atoms with Crippen LogP contribution in [0.1, 0.15) is 10.5 Å². The van der Waals surface area contributed by atoms with Gasteiger partial charge >= 0.3 is 5.97 Å². The van der Waals surface area contributed by atoms with E-state index >= 15 is 0 Å². The highest BCUT2D eigenvalue weighted by Crippen LogP contribution is 2.16. The van der Waals surface area contributed by atoms with Crippen molar-refractivity contribution in [3.05, 3.63) is 5.69 Å². The van der Waals surface area contributed by atoms with Gasteiger partial charge < -0.3 is 10.1 Å². The number of esters is 1. The number of nitrogens with one attached hydrogen (secondary N) is 1. The van der Waals surface area contributed by atoms with Crippen LogP contribution in [0, 0.1) is 0 Å². The fraction of sp³-hybridized carbons (Fsp3) is 0.400. The molecule has 1 rings (SSSR count). The summed E-state index contributed by atoms with van der Waals surface area (Å²) in [7, 11) is 3.00. The predicted octanol–water partition coefficient (Wildman–Crippen LogP) is 0.366. The van der Waals surface area contributed by atoms with E-state index in [9.17, 15) is 4.79 Å². The minimum absolute atomic E-state index is 0.236. The molecule has 0 bridgehead atoms. The number of aromatic nitrogens is 2. The largest absolute Gasteiger partial charge is 0.464 e. The first-order valence-electron chi connectivity index (χ1n) is 2.88. The van der Waals surface area contributed by atoms with Crippen LogP contribution in [0.5, 0.6) is 0 Å². The second-order valence-corrected chi connectivity index (χ2v) is 2.45. The molecule has 0 amide bonds. The molecule has 0 fully saturated rings. The van der Waals surface area contributed by atoms with Gasteiger partial charge in [-0.25, -0.2) is 4.79 Å². The number of nitrogens with zero attached hydrogens (tertiary/aromatic N) is 2. The van der Waals surface area contributed by atoms with Crippen molar-refractivity contribution in [2.45, 2.75) is 0 Å². The van der Waals surface area contributed by atoms with E-state index < -0.39 is 5.97 Å². The molecule has 0 radical (unpaired) electrons. The summed E-state index contributed by atoms with van der Waals surface area (Å²) >= 11 is 1.12. The van der Waals surface area contributed by atoms with Crippen molar-refractivity contribution in [1.29, 1.82) is 0 Å². The molecule has 0 spiro atoms. The van der Waals surface area contributed by atoms with Crippen molar-refractivity contribution in [3.63, 3.8) is 0 Å². The van der Waals surface area contributed by atoms with Gasteiger partial charge in [0, 0.05) is 18.6 Å². The molecular formula is C5H7N3O2S. The second-order valence-electron chi connectivity index (χ2n) is 1.69. The number of rotatable bonds is 2. The van der Waals surface area contributed by atoms with Crippen LogP contribution in [0.15, 0.2) is 0 Å². The van der Waals surface area contributed by atoms with E-state index in [-0.39, 0.29) is 5.69 Å². The zero-order valence-electron chi connectivity index (χ0n) is 6.12. The molecule has 5 nitrogen and oxygen atoms in total. The number of carbonyl (C=O) groups excluding carboxylic acids is 1. The zero-order valence-corrected chi connectivity index (χ0v) is 6.94. The average molecular weight is 173 g/mol. The molecule has 11 heavy (non-hydrogen) atoms. The van der Waals surface area contributed by atoms with Crippen LogP contribution in [0.25, 0.3) is 0 Å². The molecule has 1 aromatic heterocycles. The number of hydrogen-bond donors (Lipinski definition) is 1. The van der Waals surface area contributed by atoms with Crippen molar-refractivity contribution >= 4 is 22.5 Å². The van der Waals surface area contributed by atoms with E-state index in [4.69, 9.17) is 0 Å². The Labute approximate surface area is 67.5 Å². The average Bonchev–Trinajstić information content (AvgIpc) is 2.50. The Kier molecular flexibility index (Phi) is 2.37. The van der Waals surface area contributed by atoms with E-state index in [1.807, 2.05) is 0 Å². The minimum atomic E-state index is -0.469. The molecule has 0 saturated carbocycles. The normalized spacial score (nSPS) is 9.27. The van der Waals surface area contributed by atoms with Crippen molar-refractivity contribution in [2.75, 3.05) is 19.5 Å². The first kappa shape index (κ1) is 7.93. The molecule has 0 atom stereocenters. The van der Waals surface area contributed by atoms with Gasteiger partial charge in [0.2, 0.25) is 5.69 Å². The van der Waals surface area contributed by atoms with Gasteiger partial charge in [0.25, 0.3) is 0 Å². The van der Waals surface area contributed by atoms with Crippen LogP contribution >= 0.6 is 11.5 Å². The van der Waals surface area contributed by atoms with Crippen molar-refractivity contribution in [3.8, 4) is 0 Å². The Hall–Kier alpha value is -1.17. The summed E-state index contributed by atoms with van der Waals surface area (Å²) in [5, 5.41) is 6.99. The molecule has 0 saturated heterocycles. The second kappa shape index (κ2) is 3.29. The maximum Gasteiger partial charge on any atom is 0.361 e. The summed E-state index contributed by atoms with van der Waals surface area (Å²) in [6.45, 7) is 0. The SMILES string of the molecule is CNc1snnc1C(=O)OC. The van der Waals surface area contributed by atoms with E-state index in [0.717, 1.165) is 11.5 Å². The van der Waals surface area contributed by atoms with Gasteiger partial charge in [-0.2, -0.15) is 0 Å². The van der Waals surface area contributed by atoms with Gasteiger partial charge in [-0.15, -0.1) is 5.10 Å². The lowest BCUT2D eigenvalue weighted by Crippen LogP contribution is -2.04. The van der Waals surface area contributed by atoms with Gasteiger partial charge in [0.1, 0.15) is 5.00 Å². The standard InChI is InChI=1S/C5H7N3O2S/c1-6-4-3(5(9)10-2)7-8-11-4/h6H,1-2H3. The topological polar surface area (TPSA) is 64.1 Å². The number of hydrogen-bond acceptors (Lipinski definition) is 6. The number of methoxy groups -OCH3 is 1. The highest BCUT2D eigenvalue weighted by molar-refractivity contribution is 7.10. The van der Waals surface area contributed by atoms with Gasteiger partial charge in [0.05, 0.1) is 7.11 Å². The lowest BCUT2D eigenvalue weighted by molar-refractivity contribution is 0.0595. The molecule has 1 heterocycles. The van der Waals surface area contributed by atoms with Crippen LogP contribution in [0.3, 0.4) is 0 Å². The monoisotopic (exact) mass is 173 g/mol. The summed E-state index contributed by atoms with van der Waals surface area (Å²) in [6.07, 6.45) is 0. The van der Waals surface area contributed by atoms with Crippen molar-refractivity contribution in [1.82, 2.24) is 9.59 Å².